The monoisotopic (exact) mass is 562 g/mol. The number of nitrogens with zero attached hydrogens (tertiary/aromatic N) is 3. The normalized spacial score (nSPS) is 21.3. The van der Waals surface area contributed by atoms with Crippen molar-refractivity contribution in [1.82, 2.24) is 20.2 Å². The average molecular weight is 564 g/mol. The second-order valence-electron chi connectivity index (χ2n) is 10.4. The van der Waals surface area contributed by atoms with Crippen molar-refractivity contribution in [2.45, 2.75) is 38.7 Å². The highest BCUT2D eigenvalue weighted by Crippen LogP contribution is 2.49. The third-order valence-electron chi connectivity index (χ3n) is 7.64. The van der Waals surface area contributed by atoms with Crippen LogP contribution in [0, 0.1) is 11.8 Å². The van der Waals surface area contributed by atoms with Gasteiger partial charge in [-0.2, -0.15) is 5.10 Å². The number of rotatable bonds is 4. The molecule has 0 radical (unpaired) electrons. The Morgan fingerprint density at radius 3 is 2.54 bits per heavy atom. The molecule has 1 amide bonds. The molecule has 3 heterocycles. The topological polar surface area (TPSA) is 68.6 Å². The van der Waals surface area contributed by atoms with Crippen LogP contribution in [0.1, 0.15) is 49.2 Å². The fraction of sp³-hybridized carbons (Fsp3) is 0.407. The van der Waals surface area contributed by atoms with Crippen molar-refractivity contribution in [1.29, 1.82) is 0 Å². The molecule has 6 rings (SSSR count). The van der Waals surface area contributed by atoms with E-state index in [0.717, 1.165) is 24.3 Å². The van der Waals surface area contributed by atoms with E-state index >= 15 is 0 Å². The van der Waals surface area contributed by atoms with E-state index in [4.69, 9.17) is 37.8 Å². The van der Waals surface area contributed by atoms with Crippen LogP contribution in [0.5, 0.6) is 11.5 Å². The molecule has 37 heavy (non-hydrogen) atoms. The molecule has 1 N–H and O–H groups in total. The van der Waals surface area contributed by atoms with Crippen LogP contribution in [0.15, 0.2) is 36.4 Å². The summed E-state index contributed by atoms with van der Waals surface area (Å²) in [5, 5.41) is 7.85. The number of fused-ring (bicyclic) bond motifs is 4. The van der Waals surface area contributed by atoms with Gasteiger partial charge in [-0.1, -0.05) is 29.6 Å². The van der Waals surface area contributed by atoms with E-state index in [-0.39, 0.29) is 18.3 Å². The molecule has 2 atom stereocenters. The number of halogens is 3. The highest BCUT2D eigenvalue weighted by Gasteiger charge is 2.43. The van der Waals surface area contributed by atoms with Gasteiger partial charge in [0, 0.05) is 29.7 Å². The summed E-state index contributed by atoms with van der Waals surface area (Å²) < 4.78 is 13.6. The molecule has 2 aromatic carbocycles. The fourth-order valence-electron chi connectivity index (χ4n) is 5.98. The standard InChI is InChI=1S/C27H28Cl2N4O3.ClH/c1-27(2)23-24(26(34)31-32-13-15-5-4-6-16(15)14-32)30-33(21-10-7-17(28)11-20(21)29)25(23)19-9-8-18(35-3)12-22(19)36-27;/h7-12,15-16H,4-6,13-14H2,1-3H3,(H,31,34);1H. The Bertz CT molecular complexity index is 1360. The number of hydrazine groups is 1. The molecule has 3 aromatic rings. The van der Waals surface area contributed by atoms with Gasteiger partial charge in [0.2, 0.25) is 0 Å². The Morgan fingerprint density at radius 1 is 1.14 bits per heavy atom. The van der Waals surface area contributed by atoms with E-state index in [1.165, 1.54) is 19.3 Å². The molecule has 1 saturated carbocycles. The number of hydrogen-bond donors (Lipinski definition) is 1. The number of aromatic nitrogens is 2. The average Bonchev–Trinajstić information content (AvgIpc) is 3.52. The largest absolute Gasteiger partial charge is 0.497 e. The molecule has 1 saturated heterocycles. The Hall–Kier alpha value is -2.45. The first kappa shape index (κ1) is 26.2. The number of amides is 1. The highest BCUT2D eigenvalue weighted by atomic mass is 35.5. The highest BCUT2D eigenvalue weighted by molar-refractivity contribution is 6.35. The summed E-state index contributed by atoms with van der Waals surface area (Å²) in [5.41, 5.74) is 5.52. The lowest BCUT2D eigenvalue weighted by molar-refractivity contribution is 0.0778. The zero-order chi connectivity index (χ0) is 25.2. The lowest BCUT2D eigenvalue weighted by Gasteiger charge is -2.34. The van der Waals surface area contributed by atoms with Crippen LogP contribution in [0.4, 0.5) is 0 Å². The van der Waals surface area contributed by atoms with Crippen LogP contribution in [-0.4, -0.2) is 40.9 Å². The Balaban J connectivity index is 0.00000280. The minimum Gasteiger partial charge on any atom is -0.497 e. The molecule has 0 spiro atoms. The first-order valence-corrected chi connectivity index (χ1v) is 13.0. The Morgan fingerprint density at radius 2 is 1.86 bits per heavy atom. The third-order valence-corrected chi connectivity index (χ3v) is 8.17. The van der Waals surface area contributed by atoms with Crippen LogP contribution in [-0.2, 0) is 5.60 Å². The number of carbonyl (C=O) groups excluding carboxylic acids is 1. The van der Waals surface area contributed by atoms with Gasteiger partial charge in [0.1, 0.15) is 17.1 Å². The van der Waals surface area contributed by atoms with E-state index in [1.54, 1.807) is 23.9 Å². The molecule has 196 valence electrons. The summed E-state index contributed by atoms with van der Waals surface area (Å²) in [6.07, 6.45) is 3.75. The minimum absolute atomic E-state index is 0. The zero-order valence-electron chi connectivity index (χ0n) is 20.9. The van der Waals surface area contributed by atoms with Gasteiger partial charge < -0.3 is 9.47 Å². The van der Waals surface area contributed by atoms with Gasteiger partial charge in [-0.05, 0) is 68.9 Å². The van der Waals surface area contributed by atoms with Crippen molar-refractivity contribution >= 4 is 41.5 Å². The van der Waals surface area contributed by atoms with Crippen LogP contribution in [0.3, 0.4) is 0 Å². The predicted molar refractivity (Wildman–Crippen MR) is 146 cm³/mol. The third kappa shape index (κ3) is 4.46. The van der Waals surface area contributed by atoms with E-state index in [0.29, 0.717) is 50.3 Å². The fourth-order valence-corrected chi connectivity index (χ4v) is 6.47. The molecular formula is C27H29Cl3N4O3. The lowest BCUT2D eigenvalue weighted by Crippen LogP contribution is -2.42. The zero-order valence-corrected chi connectivity index (χ0v) is 23.2. The second-order valence-corrected chi connectivity index (χ2v) is 11.2. The van der Waals surface area contributed by atoms with Crippen molar-refractivity contribution in [3.8, 4) is 28.4 Å². The molecule has 1 aliphatic carbocycles. The van der Waals surface area contributed by atoms with Gasteiger partial charge in [0.05, 0.1) is 29.1 Å². The van der Waals surface area contributed by atoms with Crippen LogP contribution in [0.2, 0.25) is 10.0 Å². The van der Waals surface area contributed by atoms with Gasteiger partial charge in [-0.15, -0.1) is 12.4 Å². The summed E-state index contributed by atoms with van der Waals surface area (Å²) in [6.45, 7) is 5.65. The first-order chi connectivity index (χ1) is 17.2. The second kappa shape index (κ2) is 9.70. The van der Waals surface area contributed by atoms with E-state index in [1.807, 2.05) is 43.1 Å². The Kier molecular flexibility index (Phi) is 6.86. The summed E-state index contributed by atoms with van der Waals surface area (Å²) >= 11 is 12.8. The van der Waals surface area contributed by atoms with Gasteiger partial charge in [-0.3, -0.25) is 10.2 Å². The summed E-state index contributed by atoms with van der Waals surface area (Å²) in [7, 11) is 1.62. The van der Waals surface area contributed by atoms with Gasteiger partial charge >= 0.3 is 0 Å². The van der Waals surface area contributed by atoms with Gasteiger partial charge in [0.15, 0.2) is 5.69 Å². The molecule has 2 aliphatic heterocycles. The summed E-state index contributed by atoms with van der Waals surface area (Å²) in [5.74, 6) is 2.40. The summed E-state index contributed by atoms with van der Waals surface area (Å²) in [4.78, 5) is 13.7. The predicted octanol–water partition coefficient (Wildman–Crippen LogP) is 6.28. The quantitative estimate of drug-likeness (QED) is 0.405. The molecule has 7 nitrogen and oxygen atoms in total. The maximum absolute atomic E-state index is 13.7. The van der Waals surface area contributed by atoms with Crippen molar-refractivity contribution in [2.24, 2.45) is 11.8 Å². The summed E-state index contributed by atoms with van der Waals surface area (Å²) in [6, 6.07) is 10.9. The minimum atomic E-state index is -0.833. The van der Waals surface area contributed by atoms with E-state index in [2.05, 4.69) is 5.43 Å². The molecule has 10 heteroatoms. The van der Waals surface area contributed by atoms with Crippen LogP contribution >= 0.6 is 35.6 Å². The van der Waals surface area contributed by atoms with Crippen molar-refractivity contribution in [2.75, 3.05) is 20.2 Å². The Labute approximate surface area is 232 Å². The number of nitrogens with one attached hydrogen (secondary N) is 1. The number of carbonyl (C=O) groups is 1. The molecule has 2 fully saturated rings. The molecular weight excluding hydrogens is 535 g/mol. The maximum Gasteiger partial charge on any atom is 0.286 e. The van der Waals surface area contributed by atoms with E-state index < -0.39 is 5.60 Å². The van der Waals surface area contributed by atoms with Gasteiger partial charge in [0.25, 0.3) is 5.91 Å². The maximum atomic E-state index is 13.7. The first-order valence-electron chi connectivity index (χ1n) is 12.3. The number of benzene rings is 2. The number of methoxy groups -OCH3 is 1. The lowest BCUT2D eigenvalue weighted by atomic mass is 9.88. The van der Waals surface area contributed by atoms with E-state index in [9.17, 15) is 4.79 Å². The van der Waals surface area contributed by atoms with Crippen molar-refractivity contribution in [3.05, 3.63) is 57.7 Å². The number of hydrogen-bond acceptors (Lipinski definition) is 5. The van der Waals surface area contributed by atoms with Crippen molar-refractivity contribution < 1.29 is 14.3 Å². The molecule has 0 bridgehead atoms. The van der Waals surface area contributed by atoms with Crippen LogP contribution < -0.4 is 14.9 Å². The molecule has 2 unspecified atom stereocenters. The van der Waals surface area contributed by atoms with Gasteiger partial charge in [-0.25, -0.2) is 9.69 Å². The SMILES string of the molecule is COc1ccc2c(c1)OC(C)(C)c1c(C(=O)NN3CC4CCCC4C3)nn(-c3ccc(Cl)cc3Cl)c1-2.Cl. The van der Waals surface area contributed by atoms with Crippen molar-refractivity contribution in [3.63, 3.8) is 0 Å². The van der Waals surface area contributed by atoms with Crippen LogP contribution in [0.25, 0.3) is 16.9 Å². The molecule has 3 aliphatic rings. The smallest absolute Gasteiger partial charge is 0.286 e. The number of ether oxygens (including phenoxy) is 2. The molecule has 1 aromatic heterocycles.